The Labute approximate surface area is 393 Å². The van der Waals surface area contributed by atoms with Gasteiger partial charge in [-0.2, -0.15) is 0 Å². The number of nitrogens with zero attached hydrogens (tertiary/aromatic N) is 2. The van der Waals surface area contributed by atoms with Gasteiger partial charge in [-0.3, -0.25) is 9.59 Å². The number of benzene rings is 7. The third-order valence-corrected chi connectivity index (χ3v) is 13.3. The normalized spacial score (nSPS) is 11.2. The lowest BCUT2D eigenvalue weighted by atomic mass is 10.1. The molecule has 2 aromatic heterocycles. The van der Waals surface area contributed by atoms with E-state index in [2.05, 4.69) is 180 Å². The summed E-state index contributed by atoms with van der Waals surface area (Å²) in [4.78, 5) is 30.5. The van der Waals surface area contributed by atoms with Gasteiger partial charge in [0, 0.05) is 43.9 Å². The molecule has 0 spiro atoms. The summed E-state index contributed by atoms with van der Waals surface area (Å²) in [6.45, 7) is 0. The first-order chi connectivity index (χ1) is 32.5. The first-order valence-electron chi connectivity index (χ1n) is 21.3. The van der Waals surface area contributed by atoms with E-state index in [0.29, 0.717) is 9.75 Å². The molecule has 8 heteroatoms. The molecule has 0 aliphatic carbocycles. The van der Waals surface area contributed by atoms with E-state index in [1.54, 1.807) is 14.2 Å². The number of hydrogen-bond acceptors (Lipinski definition) is 8. The summed E-state index contributed by atoms with van der Waals surface area (Å²) >= 11 is 2.98. The summed E-state index contributed by atoms with van der Waals surface area (Å²) in [5.74, 6) is 1.60. The molecular weight excluding hydrogens is 853 g/mol. The highest BCUT2D eigenvalue weighted by Crippen LogP contribution is 2.39. The quantitative estimate of drug-likeness (QED) is 0.0711. The Morgan fingerprint density at radius 3 is 0.848 bits per heavy atom. The first-order valence-corrected chi connectivity index (χ1v) is 23.0. The SMILES string of the molecule is COc1ccc(N(c2ccc(/C=C/c3ccc(/C=C/c4ccc(N(c5ccc(OC)cc5)c5ccc(-c6ccc(C=O)s6)cc5)cc4)cc3)cc2)c2ccc(-c3ccc(C=O)s3)cc2)cc1. The van der Waals surface area contributed by atoms with Crippen molar-refractivity contribution in [3.8, 4) is 32.4 Å². The molecule has 0 amide bonds. The van der Waals surface area contributed by atoms with E-state index in [4.69, 9.17) is 9.47 Å². The van der Waals surface area contributed by atoms with Crippen LogP contribution in [0.15, 0.2) is 194 Å². The van der Waals surface area contributed by atoms with Gasteiger partial charge in [0.1, 0.15) is 11.5 Å². The van der Waals surface area contributed by atoms with Gasteiger partial charge in [-0.05, 0) is 155 Å². The predicted molar refractivity (Wildman–Crippen MR) is 277 cm³/mol. The molecule has 0 N–H and O–H groups in total. The lowest BCUT2D eigenvalue weighted by molar-refractivity contribution is 0.111. The number of methoxy groups -OCH3 is 2. The second-order valence-electron chi connectivity index (χ2n) is 15.3. The molecule has 0 unspecified atom stereocenters. The van der Waals surface area contributed by atoms with Crippen molar-refractivity contribution in [2.75, 3.05) is 24.0 Å². The van der Waals surface area contributed by atoms with E-state index < -0.39 is 0 Å². The molecule has 0 saturated carbocycles. The number of aldehydes is 2. The Morgan fingerprint density at radius 1 is 0.333 bits per heavy atom. The number of thiophene rings is 2. The van der Waals surface area contributed by atoms with Crippen molar-refractivity contribution in [1.29, 1.82) is 0 Å². The van der Waals surface area contributed by atoms with Gasteiger partial charge >= 0.3 is 0 Å². The van der Waals surface area contributed by atoms with E-state index in [0.717, 1.165) is 101 Å². The molecular formula is C58H44N2O4S2. The monoisotopic (exact) mass is 896 g/mol. The van der Waals surface area contributed by atoms with Gasteiger partial charge in [0.2, 0.25) is 0 Å². The minimum absolute atomic E-state index is 0.716. The number of anilines is 6. The van der Waals surface area contributed by atoms with Crippen LogP contribution in [0.4, 0.5) is 34.1 Å². The van der Waals surface area contributed by atoms with Gasteiger partial charge in [-0.15, -0.1) is 22.7 Å². The zero-order valence-electron chi connectivity index (χ0n) is 36.3. The average molecular weight is 897 g/mol. The van der Waals surface area contributed by atoms with Crippen molar-refractivity contribution < 1.29 is 19.1 Å². The predicted octanol–water partition coefficient (Wildman–Crippen LogP) is 16.1. The van der Waals surface area contributed by atoms with E-state index in [9.17, 15) is 9.59 Å². The van der Waals surface area contributed by atoms with E-state index in [-0.39, 0.29) is 0 Å². The minimum Gasteiger partial charge on any atom is -0.497 e. The van der Waals surface area contributed by atoms with Crippen LogP contribution in [-0.4, -0.2) is 26.8 Å². The van der Waals surface area contributed by atoms with Gasteiger partial charge in [-0.1, -0.05) is 97.1 Å². The molecule has 7 aromatic carbocycles. The average Bonchev–Trinajstić information content (AvgIpc) is 4.08. The third kappa shape index (κ3) is 10.0. The second-order valence-corrected chi connectivity index (χ2v) is 17.5. The molecule has 0 atom stereocenters. The molecule has 0 bridgehead atoms. The Bertz CT molecular complexity index is 2880. The standard InChI is InChI=1S/C58H44N2O4S2/c1-63-53-31-27-51(28-32-53)59(49-23-15-45(16-24-49)57-37-35-55(39-61)65-57)47-19-11-43(12-20-47)9-7-41-3-5-42(6-4-41)8-10-44-13-21-48(22-14-44)60(52-29-33-54(64-2)34-30-52)50-25-17-46(18-26-50)58-38-36-56(40-62)66-58/h3-40H,1-2H3/b9-7+,10-8+. The van der Waals surface area contributed by atoms with Crippen molar-refractivity contribution in [2.24, 2.45) is 0 Å². The smallest absolute Gasteiger partial charge is 0.160 e. The van der Waals surface area contributed by atoms with Crippen LogP contribution in [0.5, 0.6) is 11.5 Å². The lowest BCUT2D eigenvalue weighted by Crippen LogP contribution is -2.09. The van der Waals surface area contributed by atoms with E-state index in [1.165, 1.54) is 22.7 Å². The maximum absolute atomic E-state index is 11.3. The highest BCUT2D eigenvalue weighted by molar-refractivity contribution is 7.17. The third-order valence-electron chi connectivity index (χ3n) is 11.1. The minimum atomic E-state index is 0.716. The van der Waals surface area contributed by atoms with Crippen LogP contribution in [0.2, 0.25) is 0 Å². The fraction of sp³-hybridized carbons (Fsp3) is 0.0345. The van der Waals surface area contributed by atoms with Gasteiger partial charge in [0.25, 0.3) is 0 Å². The van der Waals surface area contributed by atoms with Gasteiger partial charge < -0.3 is 19.3 Å². The molecule has 6 nitrogen and oxygen atoms in total. The summed E-state index contributed by atoms with van der Waals surface area (Å²) in [7, 11) is 3.35. The first kappa shape index (κ1) is 43.2. The van der Waals surface area contributed by atoms with Gasteiger partial charge in [0.05, 0.1) is 24.0 Å². The topological polar surface area (TPSA) is 59.1 Å². The van der Waals surface area contributed by atoms with Gasteiger partial charge in [-0.25, -0.2) is 0 Å². The van der Waals surface area contributed by atoms with Crippen LogP contribution in [0.3, 0.4) is 0 Å². The zero-order valence-corrected chi connectivity index (χ0v) is 37.9. The molecule has 9 aromatic rings. The number of rotatable bonds is 16. The second kappa shape index (κ2) is 20.2. The van der Waals surface area contributed by atoms with Crippen LogP contribution in [0.1, 0.15) is 41.6 Å². The number of hydrogen-bond donors (Lipinski definition) is 0. The van der Waals surface area contributed by atoms with Crippen LogP contribution in [0, 0.1) is 0 Å². The summed E-state index contributed by atoms with van der Waals surface area (Å²) < 4.78 is 10.9. The van der Waals surface area contributed by atoms with E-state index >= 15 is 0 Å². The van der Waals surface area contributed by atoms with E-state index in [1.807, 2.05) is 48.5 Å². The molecule has 0 saturated heterocycles. The van der Waals surface area contributed by atoms with Crippen molar-refractivity contribution in [3.05, 3.63) is 226 Å². The fourth-order valence-corrected chi connectivity index (χ4v) is 9.28. The Kier molecular flexibility index (Phi) is 13.2. The Morgan fingerprint density at radius 2 is 0.591 bits per heavy atom. The molecule has 9 rings (SSSR count). The summed E-state index contributed by atoms with van der Waals surface area (Å²) in [5, 5.41) is 0. The summed E-state index contributed by atoms with van der Waals surface area (Å²) in [5.41, 5.74) is 12.7. The molecule has 0 aliphatic rings. The largest absolute Gasteiger partial charge is 0.497 e. The lowest BCUT2D eigenvalue weighted by Gasteiger charge is -2.26. The highest BCUT2D eigenvalue weighted by atomic mass is 32.1. The van der Waals surface area contributed by atoms with Crippen molar-refractivity contribution in [3.63, 3.8) is 0 Å². The summed E-state index contributed by atoms with van der Waals surface area (Å²) in [6, 6.07) is 66.3. The number of carbonyl (C=O) groups excluding carboxylic acids is 2. The maximum Gasteiger partial charge on any atom is 0.160 e. The molecule has 66 heavy (non-hydrogen) atoms. The van der Waals surface area contributed by atoms with Crippen LogP contribution in [0.25, 0.3) is 45.2 Å². The van der Waals surface area contributed by atoms with Crippen molar-refractivity contribution in [1.82, 2.24) is 0 Å². The highest BCUT2D eigenvalue weighted by Gasteiger charge is 2.15. The Balaban J connectivity index is 0.873. The molecule has 0 aliphatic heterocycles. The van der Waals surface area contributed by atoms with Crippen LogP contribution in [-0.2, 0) is 0 Å². The fourth-order valence-electron chi connectivity index (χ4n) is 7.62. The van der Waals surface area contributed by atoms with Crippen molar-refractivity contribution >= 4 is 93.7 Å². The van der Waals surface area contributed by atoms with Crippen molar-refractivity contribution in [2.45, 2.75) is 0 Å². The summed E-state index contributed by atoms with van der Waals surface area (Å²) in [6.07, 6.45) is 10.3. The Hall–Kier alpha value is -8.04. The van der Waals surface area contributed by atoms with Gasteiger partial charge in [0.15, 0.2) is 12.6 Å². The molecule has 0 fully saturated rings. The molecule has 322 valence electrons. The zero-order chi connectivity index (χ0) is 45.2. The number of ether oxygens (including phenoxy) is 2. The molecule has 0 radical (unpaired) electrons. The maximum atomic E-state index is 11.3. The molecule has 2 heterocycles. The van der Waals surface area contributed by atoms with Crippen LogP contribution >= 0.6 is 22.7 Å². The number of carbonyl (C=O) groups is 2. The van der Waals surface area contributed by atoms with Crippen LogP contribution < -0.4 is 19.3 Å².